The molecule has 134 valence electrons. The molecule has 1 N–H and O–H groups in total. The number of hydrogen-bond donors (Lipinski definition) is 1. The van der Waals surface area contributed by atoms with Crippen molar-refractivity contribution in [2.24, 2.45) is 0 Å². The van der Waals surface area contributed by atoms with Gasteiger partial charge in [0.15, 0.2) is 11.5 Å². The largest absolute Gasteiger partial charge is 0.493 e. The summed E-state index contributed by atoms with van der Waals surface area (Å²) in [5.41, 5.74) is 4.66. The lowest BCUT2D eigenvalue weighted by Crippen LogP contribution is -2.33. The number of nitrogens with zero attached hydrogens (tertiary/aromatic N) is 1. The molecule has 0 radical (unpaired) electrons. The highest BCUT2D eigenvalue weighted by atomic mass is 16.5. The summed E-state index contributed by atoms with van der Waals surface area (Å²) in [6.45, 7) is 3.02. The number of rotatable bonds is 5. The molecule has 2 aromatic carbocycles. The van der Waals surface area contributed by atoms with E-state index in [1.165, 1.54) is 16.7 Å². The topological polar surface area (TPSA) is 41.9 Å². The number of methoxy groups -OCH3 is 2. The standard InChI is InChI=1S/C21H27NO3/c1-14-5-7-15(8-6-14)19(23)13-18-17-12-21(25-4)20(24-3)11-16(17)9-10-22(18)2/h5-8,11-12,18-19,23H,9-10,13H2,1-4H3. The van der Waals surface area contributed by atoms with E-state index in [1.54, 1.807) is 14.2 Å². The summed E-state index contributed by atoms with van der Waals surface area (Å²) < 4.78 is 10.9. The SMILES string of the molecule is COc1cc2c(cc1OC)C(CC(O)c1ccc(C)cc1)N(C)CC2. The van der Waals surface area contributed by atoms with Gasteiger partial charge in [0.05, 0.1) is 20.3 Å². The van der Waals surface area contributed by atoms with Gasteiger partial charge in [0, 0.05) is 12.6 Å². The maximum absolute atomic E-state index is 10.8. The third kappa shape index (κ3) is 3.65. The van der Waals surface area contributed by atoms with Crippen molar-refractivity contribution in [2.45, 2.75) is 31.9 Å². The number of likely N-dealkylation sites (N-methyl/N-ethyl adjacent to an activating group) is 1. The number of aliphatic hydroxyl groups is 1. The second kappa shape index (κ2) is 7.46. The zero-order chi connectivity index (χ0) is 18.0. The minimum Gasteiger partial charge on any atom is -0.493 e. The summed E-state index contributed by atoms with van der Waals surface area (Å²) in [6, 6.07) is 12.4. The Morgan fingerprint density at radius 1 is 1.12 bits per heavy atom. The van der Waals surface area contributed by atoms with Gasteiger partial charge in [0.1, 0.15) is 0 Å². The van der Waals surface area contributed by atoms with Crippen LogP contribution in [-0.2, 0) is 6.42 Å². The zero-order valence-corrected chi connectivity index (χ0v) is 15.5. The summed E-state index contributed by atoms with van der Waals surface area (Å²) in [4.78, 5) is 2.31. The Bertz CT molecular complexity index is 727. The molecule has 25 heavy (non-hydrogen) atoms. The summed E-state index contributed by atoms with van der Waals surface area (Å²) in [5, 5.41) is 10.8. The van der Waals surface area contributed by atoms with E-state index in [-0.39, 0.29) is 6.04 Å². The zero-order valence-electron chi connectivity index (χ0n) is 15.5. The van der Waals surface area contributed by atoms with E-state index in [1.807, 2.05) is 24.3 Å². The summed E-state index contributed by atoms with van der Waals surface area (Å²) in [5.74, 6) is 1.51. The highest BCUT2D eigenvalue weighted by Crippen LogP contribution is 2.40. The molecule has 3 rings (SSSR count). The van der Waals surface area contributed by atoms with Crippen LogP contribution in [0.25, 0.3) is 0 Å². The van der Waals surface area contributed by atoms with Crippen LogP contribution in [0.5, 0.6) is 11.5 Å². The van der Waals surface area contributed by atoms with E-state index < -0.39 is 6.10 Å². The van der Waals surface area contributed by atoms with E-state index >= 15 is 0 Å². The molecule has 0 bridgehead atoms. The van der Waals surface area contributed by atoms with Gasteiger partial charge >= 0.3 is 0 Å². The predicted molar refractivity (Wildman–Crippen MR) is 99.4 cm³/mol. The summed E-state index contributed by atoms with van der Waals surface area (Å²) in [7, 11) is 5.44. The Morgan fingerprint density at radius 2 is 1.76 bits per heavy atom. The van der Waals surface area contributed by atoms with Crippen LogP contribution in [0, 0.1) is 6.92 Å². The van der Waals surface area contributed by atoms with Gasteiger partial charge in [0.2, 0.25) is 0 Å². The van der Waals surface area contributed by atoms with Gasteiger partial charge in [-0.15, -0.1) is 0 Å². The van der Waals surface area contributed by atoms with Gasteiger partial charge < -0.3 is 14.6 Å². The number of aliphatic hydroxyl groups excluding tert-OH is 1. The number of hydrogen-bond acceptors (Lipinski definition) is 4. The van der Waals surface area contributed by atoms with Crippen LogP contribution in [-0.4, -0.2) is 37.8 Å². The van der Waals surface area contributed by atoms with Crippen LogP contribution in [0.4, 0.5) is 0 Å². The molecule has 2 unspecified atom stereocenters. The molecule has 0 amide bonds. The number of ether oxygens (including phenoxy) is 2. The number of fused-ring (bicyclic) bond motifs is 1. The van der Waals surface area contributed by atoms with Crippen LogP contribution in [0.15, 0.2) is 36.4 Å². The Kier molecular flexibility index (Phi) is 5.30. The fourth-order valence-electron chi connectivity index (χ4n) is 3.60. The van der Waals surface area contributed by atoms with Gasteiger partial charge in [-0.25, -0.2) is 0 Å². The monoisotopic (exact) mass is 341 g/mol. The van der Waals surface area contributed by atoms with Crippen molar-refractivity contribution >= 4 is 0 Å². The summed E-state index contributed by atoms with van der Waals surface area (Å²) >= 11 is 0. The molecule has 0 aliphatic carbocycles. The van der Waals surface area contributed by atoms with Crippen LogP contribution < -0.4 is 9.47 Å². The molecule has 2 aromatic rings. The molecule has 1 aliphatic rings. The molecule has 1 heterocycles. The van der Waals surface area contributed by atoms with Gasteiger partial charge in [-0.05, 0) is 55.6 Å². The van der Waals surface area contributed by atoms with Crippen LogP contribution >= 0.6 is 0 Å². The fraction of sp³-hybridized carbons (Fsp3) is 0.429. The Balaban J connectivity index is 1.90. The molecule has 0 aromatic heterocycles. The molecule has 2 atom stereocenters. The first-order valence-corrected chi connectivity index (χ1v) is 8.73. The molecule has 0 saturated heterocycles. The Morgan fingerprint density at radius 3 is 2.40 bits per heavy atom. The highest BCUT2D eigenvalue weighted by Gasteiger charge is 2.29. The van der Waals surface area contributed by atoms with E-state index in [2.05, 4.69) is 31.0 Å². The molecule has 0 fully saturated rings. The average molecular weight is 341 g/mol. The quantitative estimate of drug-likeness (QED) is 0.901. The first-order valence-electron chi connectivity index (χ1n) is 8.73. The van der Waals surface area contributed by atoms with Crippen molar-refractivity contribution in [1.29, 1.82) is 0 Å². The third-order valence-electron chi connectivity index (χ3n) is 5.18. The van der Waals surface area contributed by atoms with E-state index in [4.69, 9.17) is 9.47 Å². The Labute approximate surface area is 150 Å². The lowest BCUT2D eigenvalue weighted by atomic mass is 9.88. The summed E-state index contributed by atoms with van der Waals surface area (Å²) in [6.07, 6.45) is 1.14. The van der Waals surface area contributed by atoms with Crippen LogP contribution in [0.3, 0.4) is 0 Å². The minimum absolute atomic E-state index is 0.153. The van der Waals surface area contributed by atoms with Crippen molar-refractivity contribution < 1.29 is 14.6 Å². The fourth-order valence-corrected chi connectivity index (χ4v) is 3.60. The minimum atomic E-state index is -0.493. The lowest BCUT2D eigenvalue weighted by Gasteiger charge is -2.36. The molecule has 4 heteroatoms. The van der Waals surface area contributed by atoms with Gasteiger partial charge in [-0.2, -0.15) is 0 Å². The lowest BCUT2D eigenvalue weighted by molar-refractivity contribution is 0.109. The van der Waals surface area contributed by atoms with Crippen LogP contribution in [0.2, 0.25) is 0 Å². The van der Waals surface area contributed by atoms with E-state index in [9.17, 15) is 5.11 Å². The van der Waals surface area contributed by atoms with E-state index in [0.29, 0.717) is 6.42 Å². The third-order valence-corrected chi connectivity index (χ3v) is 5.18. The first-order chi connectivity index (χ1) is 12.0. The highest BCUT2D eigenvalue weighted by molar-refractivity contribution is 5.49. The van der Waals surface area contributed by atoms with Gasteiger partial charge in [0.25, 0.3) is 0 Å². The second-order valence-corrected chi connectivity index (χ2v) is 6.81. The molecular formula is C21H27NO3. The van der Waals surface area contributed by atoms with Gasteiger partial charge in [-0.3, -0.25) is 4.90 Å². The Hall–Kier alpha value is -2.04. The maximum Gasteiger partial charge on any atom is 0.161 e. The smallest absolute Gasteiger partial charge is 0.161 e. The first kappa shape index (κ1) is 17.8. The maximum atomic E-state index is 10.8. The van der Waals surface area contributed by atoms with Crippen molar-refractivity contribution in [3.63, 3.8) is 0 Å². The van der Waals surface area contributed by atoms with Crippen molar-refractivity contribution in [2.75, 3.05) is 27.8 Å². The number of benzene rings is 2. The van der Waals surface area contributed by atoms with Crippen molar-refractivity contribution in [3.8, 4) is 11.5 Å². The average Bonchev–Trinajstić information content (AvgIpc) is 2.63. The molecular weight excluding hydrogens is 314 g/mol. The number of aryl methyl sites for hydroxylation is 1. The second-order valence-electron chi connectivity index (χ2n) is 6.81. The van der Waals surface area contributed by atoms with Gasteiger partial charge in [-0.1, -0.05) is 29.8 Å². The van der Waals surface area contributed by atoms with Crippen molar-refractivity contribution in [1.82, 2.24) is 4.90 Å². The normalized spacial score (nSPS) is 18.5. The molecule has 0 spiro atoms. The molecule has 0 saturated carbocycles. The predicted octanol–water partition coefficient (Wildman–Crippen LogP) is 3.66. The van der Waals surface area contributed by atoms with Crippen molar-refractivity contribution in [3.05, 3.63) is 58.7 Å². The molecule has 4 nitrogen and oxygen atoms in total. The van der Waals surface area contributed by atoms with Crippen LogP contribution in [0.1, 0.15) is 40.8 Å². The van der Waals surface area contributed by atoms with E-state index in [0.717, 1.165) is 30.0 Å². The molecule has 1 aliphatic heterocycles.